The maximum atomic E-state index is 13.4. The van der Waals surface area contributed by atoms with Crippen molar-refractivity contribution in [2.45, 2.75) is 64.3 Å². The van der Waals surface area contributed by atoms with Crippen molar-refractivity contribution >= 4 is 5.52 Å². The normalized spacial score (nSPS) is 11.0. The van der Waals surface area contributed by atoms with Crippen molar-refractivity contribution in [2.24, 2.45) is 0 Å². The van der Waals surface area contributed by atoms with E-state index in [-0.39, 0.29) is 5.56 Å². The molecular formula is C28H31N5O. The van der Waals surface area contributed by atoms with E-state index in [2.05, 4.69) is 11.2 Å². The average Bonchev–Trinajstić information content (AvgIpc) is 3.26. The van der Waals surface area contributed by atoms with Gasteiger partial charge in [-0.05, 0) is 31.0 Å². The number of aryl methyl sites for hydroxylation is 1. The Hall–Kier alpha value is -3.72. The van der Waals surface area contributed by atoms with E-state index in [4.69, 9.17) is 10.4 Å². The van der Waals surface area contributed by atoms with Gasteiger partial charge in [0.2, 0.25) is 0 Å². The minimum absolute atomic E-state index is 0.0732. The van der Waals surface area contributed by atoms with Crippen LogP contribution in [0.1, 0.15) is 57.8 Å². The molecule has 174 valence electrons. The van der Waals surface area contributed by atoms with E-state index in [9.17, 15) is 4.79 Å². The first-order valence-corrected chi connectivity index (χ1v) is 12.3. The number of aromatic nitrogens is 4. The zero-order valence-electron chi connectivity index (χ0n) is 19.6. The third-order valence-corrected chi connectivity index (χ3v) is 6.18. The molecule has 0 atom stereocenters. The summed E-state index contributed by atoms with van der Waals surface area (Å²) in [4.78, 5) is 13.4. The van der Waals surface area contributed by atoms with Crippen molar-refractivity contribution in [3.8, 4) is 28.5 Å². The highest BCUT2D eigenvalue weighted by Crippen LogP contribution is 2.33. The molecule has 0 saturated carbocycles. The molecule has 0 aliphatic heterocycles. The first kappa shape index (κ1) is 23.4. The zero-order valence-corrected chi connectivity index (χ0v) is 19.6. The highest BCUT2D eigenvalue weighted by atomic mass is 16.1. The largest absolute Gasteiger partial charge is 0.274 e. The summed E-state index contributed by atoms with van der Waals surface area (Å²) in [7, 11) is 0. The Morgan fingerprint density at radius 2 is 1.53 bits per heavy atom. The lowest BCUT2D eigenvalue weighted by molar-refractivity contribution is 0.504. The van der Waals surface area contributed by atoms with Gasteiger partial charge in [-0.1, -0.05) is 74.9 Å². The molecule has 34 heavy (non-hydrogen) atoms. The van der Waals surface area contributed by atoms with Crippen LogP contribution in [0.25, 0.3) is 27.9 Å². The van der Waals surface area contributed by atoms with Crippen LogP contribution in [-0.2, 0) is 6.54 Å². The van der Waals surface area contributed by atoms with Gasteiger partial charge in [-0.3, -0.25) is 4.79 Å². The maximum absolute atomic E-state index is 13.4. The number of pyridine rings is 1. The third kappa shape index (κ3) is 5.60. The van der Waals surface area contributed by atoms with E-state index in [1.807, 2.05) is 65.3 Å². The molecule has 0 saturated heterocycles. The molecule has 0 N–H and O–H groups in total. The van der Waals surface area contributed by atoms with Crippen LogP contribution in [-0.4, -0.2) is 19.4 Å². The molecular weight excluding hydrogens is 422 g/mol. The molecule has 0 unspecified atom stereocenters. The first-order valence-electron chi connectivity index (χ1n) is 12.3. The van der Waals surface area contributed by atoms with Crippen LogP contribution in [0.15, 0.2) is 71.8 Å². The second-order valence-electron chi connectivity index (χ2n) is 8.63. The second kappa shape index (κ2) is 11.9. The number of benzene rings is 1. The first-order chi connectivity index (χ1) is 16.8. The van der Waals surface area contributed by atoms with Crippen LogP contribution >= 0.6 is 0 Å². The smallest absolute Gasteiger partial charge is 0.267 e. The molecule has 4 aromatic rings. The number of rotatable bonds is 12. The summed E-state index contributed by atoms with van der Waals surface area (Å²) in [6, 6.07) is 19.9. The van der Waals surface area contributed by atoms with Gasteiger partial charge in [0.1, 0.15) is 5.69 Å². The molecule has 0 amide bonds. The summed E-state index contributed by atoms with van der Waals surface area (Å²) >= 11 is 0. The lowest BCUT2D eigenvalue weighted by Crippen LogP contribution is -2.24. The number of fused-ring (bicyclic) bond motifs is 1. The van der Waals surface area contributed by atoms with E-state index in [1.165, 1.54) is 25.7 Å². The van der Waals surface area contributed by atoms with Crippen molar-refractivity contribution in [2.75, 3.05) is 0 Å². The molecule has 4 rings (SSSR count). The molecule has 0 fully saturated rings. The number of nitrogens with zero attached hydrogens (tertiary/aromatic N) is 5. The molecule has 0 aliphatic rings. The van der Waals surface area contributed by atoms with Crippen LogP contribution < -0.4 is 5.56 Å². The van der Waals surface area contributed by atoms with Gasteiger partial charge in [-0.25, -0.2) is 9.20 Å². The van der Waals surface area contributed by atoms with Crippen molar-refractivity contribution in [1.82, 2.24) is 19.4 Å². The molecule has 3 heterocycles. The number of unbranched alkanes of at least 4 members (excludes halogenated alkanes) is 8. The van der Waals surface area contributed by atoms with Gasteiger partial charge in [0.25, 0.3) is 5.56 Å². The zero-order chi connectivity index (χ0) is 23.6. The predicted molar refractivity (Wildman–Crippen MR) is 135 cm³/mol. The highest BCUT2D eigenvalue weighted by Gasteiger charge is 2.19. The van der Waals surface area contributed by atoms with Crippen molar-refractivity contribution in [3.63, 3.8) is 0 Å². The Balaban J connectivity index is 1.46. The monoisotopic (exact) mass is 453 g/mol. The minimum atomic E-state index is -0.0732. The number of nitriles is 1. The van der Waals surface area contributed by atoms with E-state index in [1.54, 1.807) is 10.9 Å². The Morgan fingerprint density at radius 3 is 2.29 bits per heavy atom. The van der Waals surface area contributed by atoms with E-state index < -0.39 is 0 Å². The topological polar surface area (TPSA) is 76.0 Å². The molecule has 6 heteroatoms. The summed E-state index contributed by atoms with van der Waals surface area (Å²) in [6.45, 7) is 0.620. The van der Waals surface area contributed by atoms with Crippen molar-refractivity contribution < 1.29 is 0 Å². The standard InChI is InChI=1S/C28H31N5O/c29-19-12-6-4-2-1-3-5-7-13-22-33-28(34)24(18-20-30-33)26-25-17-11-14-21-32(25)31-27(26)23-15-9-8-10-16-23/h8-11,14-18,20-21H,1-7,12-13,22H2. The quantitative estimate of drug-likeness (QED) is 0.237. The number of hydrogen-bond acceptors (Lipinski definition) is 4. The van der Waals surface area contributed by atoms with Gasteiger partial charge in [-0.2, -0.15) is 15.5 Å². The van der Waals surface area contributed by atoms with Crippen LogP contribution in [0.2, 0.25) is 0 Å². The van der Waals surface area contributed by atoms with Gasteiger partial charge in [-0.15, -0.1) is 0 Å². The van der Waals surface area contributed by atoms with Crippen LogP contribution in [0, 0.1) is 11.3 Å². The van der Waals surface area contributed by atoms with Gasteiger partial charge in [0, 0.05) is 36.5 Å². The Kier molecular flexibility index (Phi) is 8.23. The van der Waals surface area contributed by atoms with Crippen molar-refractivity contribution in [3.05, 3.63) is 77.3 Å². The average molecular weight is 454 g/mol. The fraction of sp³-hybridized carbons (Fsp3) is 0.357. The summed E-state index contributed by atoms with van der Waals surface area (Å²) in [5.74, 6) is 0. The Morgan fingerprint density at radius 1 is 0.824 bits per heavy atom. The maximum Gasteiger partial charge on any atom is 0.274 e. The Labute approximate surface area is 200 Å². The molecule has 0 bridgehead atoms. The lowest BCUT2D eigenvalue weighted by atomic mass is 10.0. The van der Waals surface area contributed by atoms with E-state index in [0.717, 1.165) is 48.0 Å². The van der Waals surface area contributed by atoms with E-state index in [0.29, 0.717) is 18.5 Å². The molecule has 0 radical (unpaired) electrons. The molecule has 0 spiro atoms. The van der Waals surface area contributed by atoms with Crippen molar-refractivity contribution in [1.29, 1.82) is 5.26 Å². The van der Waals surface area contributed by atoms with Gasteiger partial charge in [0.15, 0.2) is 0 Å². The SMILES string of the molecule is N#CCCCCCCCCCCn1nccc(-c2c(-c3ccccc3)nn3ccccc23)c1=O. The lowest BCUT2D eigenvalue weighted by Gasteiger charge is -2.08. The van der Waals surface area contributed by atoms with Crippen LogP contribution in [0.4, 0.5) is 0 Å². The number of hydrogen-bond donors (Lipinski definition) is 0. The highest BCUT2D eigenvalue weighted by molar-refractivity contribution is 5.91. The van der Waals surface area contributed by atoms with Gasteiger partial charge < -0.3 is 0 Å². The summed E-state index contributed by atoms with van der Waals surface area (Å²) < 4.78 is 3.43. The third-order valence-electron chi connectivity index (χ3n) is 6.18. The fourth-order valence-corrected chi connectivity index (χ4v) is 4.39. The summed E-state index contributed by atoms with van der Waals surface area (Å²) in [6.07, 6.45) is 13.3. The molecule has 1 aromatic carbocycles. The summed E-state index contributed by atoms with van der Waals surface area (Å²) in [5.41, 5.74) is 4.10. The minimum Gasteiger partial charge on any atom is -0.267 e. The predicted octanol–water partition coefficient (Wildman–Crippen LogP) is 6.26. The van der Waals surface area contributed by atoms with Crippen LogP contribution in [0.3, 0.4) is 0 Å². The molecule has 0 aliphatic carbocycles. The van der Waals surface area contributed by atoms with Gasteiger partial charge in [0.05, 0.1) is 17.1 Å². The fourth-order valence-electron chi connectivity index (χ4n) is 4.39. The Bertz CT molecular complexity index is 1300. The second-order valence-corrected chi connectivity index (χ2v) is 8.63. The summed E-state index contributed by atoms with van der Waals surface area (Å²) in [5, 5.41) is 17.7. The molecule has 6 nitrogen and oxygen atoms in total. The van der Waals surface area contributed by atoms with Gasteiger partial charge >= 0.3 is 0 Å². The molecule has 3 aromatic heterocycles. The van der Waals surface area contributed by atoms with E-state index >= 15 is 0 Å². The van der Waals surface area contributed by atoms with Crippen LogP contribution in [0.5, 0.6) is 0 Å².